The number of hydrogen-bond acceptors (Lipinski definition) is 12. The smallest absolute Gasteiger partial charge is 0.341 e. The van der Waals surface area contributed by atoms with Gasteiger partial charge < -0.3 is 39.0 Å². The molecule has 3 fully saturated rings. The third-order valence-corrected chi connectivity index (χ3v) is 16.0. The Morgan fingerprint density at radius 1 is 1.08 bits per heavy atom. The van der Waals surface area contributed by atoms with E-state index in [-0.39, 0.29) is 48.8 Å². The number of piperazine rings is 1. The molecule has 3 N–H and O–H groups in total. The lowest BCUT2D eigenvalue weighted by Gasteiger charge is -2.36. The van der Waals surface area contributed by atoms with Crippen molar-refractivity contribution in [3.05, 3.63) is 82.3 Å². The van der Waals surface area contributed by atoms with Crippen LogP contribution in [-0.4, -0.2) is 144 Å². The lowest BCUT2D eigenvalue weighted by molar-refractivity contribution is -0.766. The molecule has 0 spiro atoms. The maximum Gasteiger partial charge on any atom is 0.341 e. The lowest BCUT2D eigenvalue weighted by Crippen LogP contribution is -2.62. The Kier molecular flexibility index (Phi) is 16.2. The minimum absolute atomic E-state index is 0.0261. The van der Waals surface area contributed by atoms with Crippen molar-refractivity contribution in [1.29, 1.82) is 0 Å². The van der Waals surface area contributed by atoms with E-state index in [0.29, 0.717) is 61.9 Å². The van der Waals surface area contributed by atoms with Gasteiger partial charge in [-0.05, 0) is 112 Å². The van der Waals surface area contributed by atoms with E-state index in [1.165, 1.54) is 22.2 Å². The molecule has 18 heteroatoms. The summed E-state index contributed by atoms with van der Waals surface area (Å²) in [4.78, 5) is 68.6. The monoisotopic (exact) mass is 1040 g/mol. The number of fused-ring (bicyclic) bond motifs is 6. The number of nitrogens with zero attached hydrogens (tertiary/aromatic N) is 7. The molecule has 2 amide bonds. The first-order valence-electron chi connectivity index (χ1n) is 27.0. The Balaban J connectivity index is 1.14. The molecule has 2 aromatic carbocycles. The fourth-order valence-electron chi connectivity index (χ4n) is 11.8. The summed E-state index contributed by atoms with van der Waals surface area (Å²) in [5.74, 6) is 3.25. The number of pyridine rings is 1. The number of ether oxygens (including phenoxy) is 3. The highest BCUT2D eigenvalue weighted by atomic mass is 19.1. The average Bonchev–Trinajstić information content (AvgIpc) is 4.05. The maximum absolute atomic E-state index is 17.2. The number of anilines is 1. The topological polar surface area (TPSA) is 174 Å². The summed E-state index contributed by atoms with van der Waals surface area (Å²) < 4.78 is 37.5. The predicted molar refractivity (Wildman–Crippen MR) is 288 cm³/mol. The van der Waals surface area contributed by atoms with E-state index >= 15 is 4.39 Å². The summed E-state index contributed by atoms with van der Waals surface area (Å²) in [5, 5.41) is 17.9. The number of cyclic esters (lactones) is 1. The molecule has 406 valence electrons. The number of nitrogens with one attached hydrogen (secondary N) is 2. The van der Waals surface area contributed by atoms with Gasteiger partial charge in [-0.25, -0.2) is 9.82 Å². The number of hydrogen-bond donors (Lipinski definition) is 3. The summed E-state index contributed by atoms with van der Waals surface area (Å²) in [6, 6.07) is 7.10. The van der Waals surface area contributed by atoms with E-state index in [2.05, 4.69) is 50.1 Å². The molecule has 5 aliphatic rings. The molecule has 7 atom stereocenters. The number of amides is 2. The van der Waals surface area contributed by atoms with E-state index < -0.39 is 59.3 Å². The number of aromatic hydroxyl groups is 1. The molecule has 0 radical (unpaired) electrons. The molecule has 6 bridgehead atoms. The van der Waals surface area contributed by atoms with Crippen LogP contribution in [0.2, 0.25) is 0 Å². The van der Waals surface area contributed by atoms with Crippen molar-refractivity contribution in [1.82, 2.24) is 35.2 Å². The summed E-state index contributed by atoms with van der Waals surface area (Å²) in [7, 11) is 5.33. The Labute approximate surface area is 445 Å². The number of rotatable bonds is 12. The summed E-state index contributed by atoms with van der Waals surface area (Å²) in [5.41, 5.74) is 8.48. The number of likely N-dealkylation sites (N-methyl/N-ethyl adjacent to an activating group) is 2. The zero-order valence-electron chi connectivity index (χ0n) is 45.5. The number of carbonyl (C=O) groups excluding carboxylic acids is 3. The van der Waals surface area contributed by atoms with Crippen LogP contribution < -0.4 is 15.6 Å². The normalized spacial score (nSPS) is 23.9. The summed E-state index contributed by atoms with van der Waals surface area (Å²) in [6.45, 7) is 16.3. The molecule has 76 heavy (non-hydrogen) atoms. The molecule has 1 aliphatic carbocycles. The number of phenolic OH excluding ortho intramolecular Hbond substituents is 1. The van der Waals surface area contributed by atoms with Crippen LogP contribution in [0.4, 0.5) is 10.1 Å². The van der Waals surface area contributed by atoms with Crippen molar-refractivity contribution in [2.75, 3.05) is 72.0 Å². The van der Waals surface area contributed by atoms with Gasteiger partial charge in [-0.2, -0.15) is 0 Å². The summed E-state index contributed by atoms with van der Waals surface area (Å²) in [6.07, 6.45) is 6.94. The van der Waals surface area contributed by atoms with Gasteiger partial charge in [-0.3, -0.25) is 24.4 Å². The number of esters is 1. The second kappa shape index (κ2) is 22.7. The number of aryl methyl sites for hydroxylation is 1. The van der Waals surface area contributed by atoms with E-state index in [0.717, 1.165) is 64.6 Å². The number of hydrazine groups is 2. The average molecular weight is 1050 g/mol. The van der Waals surface area contributed by atoms with Crippen LogP contribution in [0.3, 0.4) is 0 Å². The molecule has 2 aromatic heterocycles. The van der Waals surface area contributed by atoms with Gasteiger partial charge in [-0.15, -0.1) is 5.01 Å². The fourth-order valence-corrected chi connectivity index (χ4v) is 11.8. The van der Waals surface area contributed by atoms with E-state index in [1.54, 1.807) is 26.3 Å². The van der Waals surface area contributed by atoms with Crippen LogP contribution in [0.25, 0.3) is 33.3 Å². The molecule has 4 aromatic rings. The second-order valence-electron chi connectivity index (χ2n) is 22.4. The first-order valence-corrected chi connectivity index (χ1v) is 27.0. The van der Waals surface area contributed by atoms with E-state index in [1.807, 2.05) is 66.0 Å². The van der Waals surface area contributed by atoms with Crippen molar-refractivity contribution in [2.24, 2.45) is 23.2 Å². The minimum atomic E-state index is -1.27. The van der Waals surface area contributed by atoms with Gasteiger partial charge in [0.25, 0.3) is 5.91 Å². The maximum atomic E-state index is 17.2. The third-order valence-electron chi connectivity index (χ3n) is 16.0. The summed E-state index contributed by atoms with van der Waals surface area (Å²) >= 11 is 0. The van der Waals surface area contributed by atoms with Crippen LogP contribution in [0.1, 0.15) is 90.2 Å². The van der Waals surface area contributed by atoms with Crippen LogP contribution in [0, 0.1) is 45.7 Å². The number of allylic oxidation sites excluding steroid dienone is 2. The van der Waals surface area contributed by atoms with E-state index in [4.69, 9.17) is 19.2 Å². The molecule has 17 nitrogen and oxygen atoms in total. The van der Waals surface area contributed by atoms with E-state index in [9.17, 15) is 24.4 Å². The molecule has 2 unspecified atom stereocenters. The third kappa shape index (κ3) is 11.2. The number of nitroso groups, excluding NO2 is 1. The molecular formula is C58H75FN9O8+. The molecular weight excluding hydrogens is 970 g/mol. The quantitative estimate of drug-likeness (QED) is 0.0578. The Morgan fingerprint density at radius 3 is 2.57 bits per heavy atom. The SMILES string of the molecule is CCn1c(-c2cc(N3CCN(C)CC3)cnc2[C@H](C)OC)c2c3cc(c(F)cc31)-c1cc(O)cc(c1)C[C@H](NC(=O)[C@H](C(C)C)N(C)[N+](=O)[C@@H]1OCC[C@@H]1C1C#CC=CC1)C(=O)N1CCCC(N1)C(=O)OCC(C)(C)C2. The first-order chi connectivity index (χ1) is 36.4. The number of phenols is 1. The first kappa shape index (κ1) is 54.4. The zero-order valence-corrected chi connectivity index (χ0v) is 45.5. The van der Waals surface area contributed by atoms with Crippen LogP contribution in [0.15, 0.2) is 54.7 Å². The van der Waals surface area contributed by atoms with Gasteiger partial charge in [-0.1, -0.05) is 51.7 Å². The lowest BCUT2D eigenvalue weighted by atomic mass is 9.84. The molecule has 4 aliphatic heterocycles. The Morgan fingerprint density at radius 2 is 1.86 bits per heavy atom. The van der Waals surface area contributed by atoms with Gasteiger partial charge in [0.15, 0.2) is 10.9 Å². The molecule has 3 saturated heterocycles. The van der Waals surface area contributed by atoms with Crippen molar-refractivity contribution >= 4 is 34.4 Å². The largest absolute Gasteiger partial charge is 0.508 e. The van der Waals surface area contributed by atoms with Gasteiger partial charge in [0.1, 0.15) is 23.7 Å². The number of methoxy groups -OCH3 is 1. The van der Waals surface area contributed by atoms with Gasteiger partial charge in [0.2, 0.25) is 5.91 Å². The number of benzene rings is 2. The Hall–Kier alpha value is -6.39. The molecule has 6 heterocycles. The van der Waals surface area contributed by atoms with Gasteiger partial charge in [0.05, 0.1) is 66.0 Å². The predicted octanol–water partition coefficient (Wildman–Crippen LogP) is 6.93. The van der Waals surface area contributed by atoms with Crippen LogP contribution >= 0.6 is 0 Å². The minimum Gasteiger partial charge on any atom is -0.508 e. The van der Waals surface area contributed by atoms with Gasteiger partial charge in [0, 0.05) is 80.6 Å². The Bertz CT molecular complexity index is 2950. The highest BCUT2D eigenvalue weighted by molar-refractivity contribution is 5.96. The van der Waals surface area contributed by atoms with Crippen molar-refractivity contribution in [3.8, 4) is 40.0 Å². The highest BCUT2D eigenvalue weighted by Crippen LogP contribution is 2.44. The van der Waals surface area contributed by atoms with Crippen molar-refractivity contribution in [3.63, 3.8) is 0 Å². The van der Waals surface area contributed by atoms with Crippen molar-refractivity contribution in [2.45, 2.75) is 117 Å². The standard InChI is InChI=1S/C58H74FN9O8/c1-10-66-50-31-47(59)43-30-44(50)46(53(66)45-29-40(33-60-51(45)36(4)74-9)65-22-20-63(7)21-23-65)32-58(5,6)34-76-57(72)48-17-14-19-67(62-48)55(71)49(27-37-25-39(43)28-41(69)26-37)61-54(70)52(35(2)3)64(8)68(73)56-42(18-24-75-56)38-15-12-11-13-16-38/h11-12,25-26,28-31,33,35-36,38,42,48-49,52,56,62H,10,14-15,17-24,27,32,34H2,1-9H3,(H-,61,69,70)/p+1/t36-,38?,42+,48?,49-,52-,56+/m0/s1. The zero-order chi connectivity index (χ0) is 54.2. The number of aromatic nitrogens is 2. The van der Waals surface area contributed by atoms with Crippen LogP contribution in [0.5, 0.6) is 5.75 Å². The number of carbonyl (C=O) groups is 3. The molecule has 9 rings (SSSR count). The second-order valence-corrected chi connectivity index (χ2v) is 22.4. The molecule has 0 saturated carbocycles. The fraction of sp³-hybridized carbons (Fsp3) is 0.552. The number of halogens is 1. The van der Waals surface area contributed by atoms with Crippen molar-refractivity contribution < 1.29 is 43.0 Å². The highest BCUT2D eigenvalue weighted by Gasteiger charge is 2.50. The van der Waals surface area contributed by atoms with Crippen LogP contribution in [-0.2, 0) is 48.0 Å². The van der Waals surface area contributed by atoms with Gasteiger partial charge >= 0.3 is 12.2 Å².